The summed E-state index contributed by atoms with van der Waals surface area (Å²) in [6.45, 7) is 1.40. The number of ether oxygens (including phenoxy) is 1. The predicted octanol–water partition coefficient (Wildman–Crippen LogP) is 3.41. The van der Waals surface area contributed by atoms with E-state index in [0.29, 0.717) is 34.3 Å². The van der Waals surface area contributed by atoms with Crippen molar-refractivity contribution >= 4 is 17.0 Å². The van der Waals surface area contributed by atoms with Crippen LogP contribution in [0.25, 0.3) is 16.5 Å². The van der Waals surface area contributed by atoms with Crippen LogP contribution in [0, 0.1) is 0 Å². The van der Waals surface area contributed by atoms with Crippen molar-refractivity contribution in [3.8, 4) is 17.3 Å². The Hall–Kier alpha value is -3.87. The summed E-state index contributed by atoms with van der Waals surface area (Å²) < 4.78 is 8.55. The van der Waals surface area contributed by atoms with E-state index in [4.69, 9.17) is 4.74 Å². The fourth-order valence-electron chi connectivity index (χ4n) is 3.40. The van der Waals surface area contributed by atoms with Crippen LogP contribution in [0.4, 0.5) is 0 Å². The molecule has 0 amide bonds. The molecule has 4 aromatic rings. The largest absolute Gasteiger partial charge is 0.497 e. The van der Waals surface area contributed by atoms with Crippen molar-refractivity contribution in [1.82, 2.24) is 14.1 Å². The molecule has 2 heterocycles. The number of imidazole rings is 1. The quantitative estimate of drug-likeness (QED) is 0.379. The summed E-state index contributed by atoms with van der Waals surface area (Å²) in [4.78, 5) is 21.6. The van der Waals surface area contributed by atoms with Crippen LogP contribution < -0.4 is 10.3 Å². The molecule has 2 aromatic heterocycles. The number of aryl methyl sites for hydroxylation is 1. The SMILES string of the molecule is COc1cccc(-n2c(O)c(C=NCCCn3ccnc3)c3ccccc3c2=O)c1. The molecule has 0 atom stereocenters. The first-order chi connectivity index (χ1) is 14.7. The van der Waals surface area contributed by atoms with Crippen LogP contribution in [0.2, 0.25) is 0 Å². The number of pyridine rings is 1. The molecule has 0 unspecified atom stereocenters. The third-order valence-electron chi connectivity index (χ3n) is 4.90. The molecule has 7 heteroatoms. The maximum Gasteiger partial charge on any atom is 0.265 e. The minimum absolute atomic E-state index is 0.148. The second kappa shape index (κ2) is 8.65. The molecule has 0 saturated heterocycles. The van der Waals surface area contributed by atoms with E-state index in [1.165, 1.54) is 4.57 Å². The Morgan fingerprint density at radius 2 is 2.00 bits per heavy atom. The Morgan fingerprint density at radius 1 is 1.17 bits per heavy atom. The molecule has 7 nitrogen and oxygen atoms in total. The van der Waals surface area contributed by atoms with Crippen LogP contribution in [0.15, 0.2) is 77.0 Å². The smallest absolute Gasteiger partial charge is 0.265 e. The fourth-order valence-corrected chi connectivity index (χ4v) is 3.40. The number of hydrogen-bond donors (Lipinski definition) is 1. The third kappa shape index (κ3) is 3.82. The topological polar surface area (TPSA) is 81.6 Å². The van der Waals surface area contributed by atoms with Gasteiger partial charge in [-0.15, -0.1) is 0 Å². The van der Waals surface area contributed by atoms with Gasteiger partial charge in [0.15, 0.2) is 0 Å². The van der Waals surface area contributed by atoms with Crippen LogP contribution in [0.5, 0.6) is 11.6 Å². The zero-order valence-corrected chi connectivity index (χ0v) is 16.6. The monoisotopic (exact) mass is 402 g/mol. The van der Waals surface area contributed by atoms with E-state index < -0.39 is 0 Å². The van der Waals surface area contributed by atoms with Crippen molar-refractivity contribution in [2.24, 2.45) is 4.99 Å². The van der Waals surface area contributed by atoms with Gasteiger partial charge in [0.25, 0.3) is 5.56 Å². The summed E-state index contributed by atoms with van der Waals surface area (Å²) in [6.07, 6.45) is 7.90. The highest BCUT2D eigenvalue weighted by atomic mass is 16.5. The molecule has 0 saturated carbocycles. The van der Waals surface area contributed by atoms with E-state index in [9.17, 15) is 9.90 Å². The van der Waals surface area contributed by atoms with Gasteiger partial charge in [-0.25, -0.2) is 9.55 Å². The molecular weight excluding hydrogens is 380 g/mol. The number of aromatic nitrogens is 3. The molecule has 0 aliphatic rings. The standard InChI is InChI=1S/C23H22N4O3/c1-30-18-7-4-6-17(14-18)27-22(28)20-9-3-2-8-19(20)21(23(27)29)15-24-10-5-12-26-13-11-25-16-26/h2-4,6-9,11,13-16,29H,5,10,12H2,1H3. The van der Waals surface area contributed by atoms with Crippen molar-refractivity contribution in [2.45, 2.75) is 13.0 Å². The van der Waals surface area contributed by atoms with Gasteiger partial charge in [-0.3, -0.25) is 9.79 Å². The minimum atomic E-state index is -0.298. The lowest BCUT2D eigenvalue weighted by molar-refractivity contribution is 0.413. The third-order valence-corrected chi connectivity index (χ3v) is 4.90. The average molecular weight is 402 g/mol. The number of methoxy groups -OCH3 is 1. The van der Waals surface area contributed by atoms with Crippen LogP contribution in [0.3, 0.4) is 0 Å². The summed E-state index contributed by atoms with van der Waals surface area (Å²) in [7, 11) is 1.56. The molecule has 0 radical (unpaired) electrons. The lowest BCUT2D eigenvalue weighted by Crippen LogP contribution is -2.20. The van der Waals surface area contributed by atoms with E-state index in [2.05, 4.69) is 9.98 Å². The molecule has 0 spiro atoms. The van der Waals surface area contributed by atoms with Gasteiger partial charge in [-0.1, -0.05) is 24.3 Å². The number of rotatable bonds is 7. The highest BCUT2D eigenvalue weighted by molar-refractivity contribution is 6.01. The van der Waals surface area contributed by atoms with Gasteiger partial charge in [-0.05, 0) is 24.6 Å². The number of benzene rings is 2. The number of hydrogen-bond acceptors (Lipinski definition) is 5. The van der Waals surface area contributed by atoms with Crippen molar-refractivity contribution < 1.29 is 9.84 Å². The van der Waals surface area contributed by atoms with E-state index in [-0.39, 0.29) is 11.4 Å². The molecule has 0 fully saturated rings. The number of fused-ring (bicyclic) bond motifs is 1. The molecular formula is C23H22N4O3. The second-order valence-corrected chi connectivity index (χ2v) is 6.81. The number of aromatic hydroxyl groups is 1. The highest BCUT2D eigenvalue weighted by Gasteiger charge is 2.16. The minimum Gasteiger partial charge on any atom is -0.497 e. The van der Waals surface area contributed by atoms with E-state index in [1.807, 2.05) is 29.0 Å². The lowest BCUT2D eigenvalue weighted by atomic mass is 10.1. The first-order valence-electron chi connectivity index (χ1n) is 9.66. The van der Waals surface area contributed by atoms with Crippen LogP contribution >= 0.6 is 0 Å². The first-order valence-corrected chi connectivity index (χ1v) is 9.66. The van der Waals surface area contributed by atoms with Gasteiger partial charge < -0.3 is 14.4 Å². The zero-order chi connectivity index (χ0) is 20.9. The van der Waals surface area contributed by atoms with Crippen LogP contribution in [0.1, 0.15) is 12.0 Å². The Kier molecular flexibility index (Phi) is 5.61. The molecule has 152 valence electrons. The van der Waals surface area contributed by atoms with E-state index >= 15 is 0 Å². The van der Waals surface area contributed by atoms with Crippen LogP contribution in [-0.2, 0) is 6.54 Å². The molecule has 30 heavy (non-hydrogen) atoms. The van der Waals surface area contributed by atoms with Crippen molar-refractivity contribution in [2.75, 3.05) is 13.7 Å². The Balaban J connectivity index is 1.73. The molecule has 0 bridgehead atoms. The Labute approximate surface area is 173 Å². The van der Waals surface area contributed by atoms with E-state index in [1.54, 1.807) is 56.2 Å². The summed E-state index contributed by atoms with van der Waals surface area (Å²) in [6, 6.07) is 14.3. The average Bonchev–Trinajstić information content (AvgIpc) is 3.29. The maximum absolute atomic E-state index is 13.1. The van der Waals surface area contributed by atoms with Crippen molar-refractivity contribution in [3.05, 3.63) is 83.2 Å². The summed E-state index contributed by atoms with van der Waals surface area (Å²) in [5.74, 6) is 0.451. The van der Waals surface area contributed by atoms with Crippen LogP contribution in [-0.4, -0.2) is 39.1 Å². The van der Waals surface area contributed by atoms with Gasteiger partial charge in [-0.2, -0.15) is 0 Å². The molecule has 4 rings (SSSR count). The zero-order valence-electron chi connectivity index (χ0n) is 16.6. The van der Waals surface area contributed by atoms with Gasteiger partial charge in [0.2, 0.25) is 5.88 Å². The molecule has 0 aliphatic heterocycles. The lowest BCUT2D eigenvalue weighted by Gasteiger charge is -2.14. The Bertz CT molecular complexity index is 1240. The van der Waals surface area contributed by atoms with Gasteiger partial charge in [0, 0.05) is 48.5 Å². The first kappa shape index (κ1) is 19.4. The van der Waals surface area contributed by atoms with Gasteiger partial charge in [0.1, 0.15) is 5.75 Å². The Morgan fingerprint density at radius 3 is 2.77 bits per heavy atom. The normalized spacial score (nSPS) is 11.4. The molecule has 1 N–H and O–H groups in total. The predicted molar refractivity (Wildman–Crippen MR) is 117 cm³/mol. The number of aliphatic imine (C=N–C) groups is 1. The van der Waals surface area contributed by atoms with E-state index in [0.717, 1.165) is 13.0 Å². The fraction of sp³-hybridized carbons (Fsp3) is 0.174. The van der Waals surface area contributed by atoms with Crippen molar-refractivity contribution in [3.63, 3.8) is 0 Å². The van der Waals surface area contributed by atoms with Crippen molar-refractivity contribution in [1.29, 1.82) is 0 Å². The number of nitrogens with zero attached hydrogens (tertiary/aromatic N) is 4. The van der Waals surface area contributed by atoms with Gasteiger partial charge >= 0.3 is 0 Å². The summed E-state index contributed by atoms with van der Waals surface area (Å²) in [5, 5.41) is 12.2. The second-order valence-electron chi connectivity index (χ2n) is 6.81. The molecule has 0 aliphatic carbocycles. The molecule has 2 aromatic carbocycles. The van der Waals surface area contributed by atoms with Gasteiger partial charge in [0.05, 0.1) is 24.7 Å². The summed E-state index contributed by atoms with van der Waals surface area (Å²) >= 11 is 0. The summed E-state index contributed by atoms with van der Waals surface area (Å²) in [5.41, 5.74) is 0.738. The highest BCUT2D eigenvalue weighted by Crippen LogP contribution is 2.27. The maximum atomic E-state index is 13.1.